The summed E-state index contributed by atoms with van der Waals surface area (Å²) in [5.74, 6) is -0.304. The molecular weight excluding hydrogens is 359 g/mol. The predicted octanol–water partition coefficient (Wildman–Crippen LogP) is 3.52. The first kappa shape index (κ1) is 21.4. The van der Waals surface area contributed by atoms with Crippen molar-refractivity contribution in [2.45, 2.75) is 39.9 Å². The van der Waals surface area contributed by atoms with E-state index in [1.165, 1.54) is 17.0 Å². The Morgan fingerprint density at radius 3 is 2.32 bits per heavy atom. The van der Waals surface area contributed by atoms with E-state index in [0.29, 0.717) is 12.3 Å². The molecular formula is C22H27FN2O3. The molecule has 0 aliphatic heterocycles. The van der Waals surface area contributed by atoms with Gasteiger partial charge in [-0.05, 0) is 30.7 Å². The molecule has 5 nitrogen and oxygen atoms in total. The second-order valence-electron chi connectivity index (χ2n) is 6.95. The summed E-state index contributed by atoms with van der Waals surface area (Å²) in [5, 5.41) is 2.87. The van der Waals surface area contributed by atoms with Crippen molar-refractivity contribution in [1.29, 1.82) is 0 Å². The fourth-order valence-corrected chi connectivity index (χ4v) is 2.84. The summed E-state index contributed by atoms with van der Waals surface area (Å²) in [6.07, 6.45) is 0. The van der Waals surface area contributed by atoms with Gasteiger partial charge in [0.25, 0.3) is 0 Å². The van der Waals surface area contributed by atoms with Gasteiger partial charge >= 0.3 is 0 Å². The Hall–Kier alpha value is -2.89. The number of para-hydroxylation sites is 1. The first-order valence-corrected chi connectivity index (χ1v) is 9.28. The van der Waals surface area contributed by atoms with E-state index in [1.807, 2.05) is 24.3 Å². The molecule has 2 amide bonds. The molecule has 0 aromatic heterocycles. The van der Waals surface area contributed by atoms with Gasteiger partial charge in [-0.15, -0.1) is 0 Å². The number of amides is 2. The largest absolute Gasteiger partial charge is 0.496 e. The van der Waals surface area contributed by atoms with E-state index in [0.717, 1.165) is 11.1 Å². The van der Waals surface area contributed by atoms with Crippen LogP contribution >= 0.6 is 0 Å². The van der Waals surface area contributed by atoms with Crippen LogP contribution in [0.4, 0.5) is 4.39 Å². The number of hydrogen-bond acceptors (Lipinski definition) is 3. The number of nitrogens with zero attached hydrogens (tertiary/aromatic N) is 1. The zero-order valence-corrected chi connectivity index (χ0v) is 16.7. The summed E-state index contributed by atoms with van der Waals surface area (Å²) < 4.78 is 18.5. The molecule has 0 aliphatic rings. The molecule has 1 N–H and O–H groups in total. The molecule has 0 spiro atoms. The smallest absolute Gasteiger partial charge is 0.242 e. The van der Waals surface area contributed by atoms with Crippen LogP contribution in [0.3, 0.4) is 0 Å². The van der Waals surface area contributed by atoms with Gasteiger partial charge in [0.15, 0.2) is 0 Å². The second kappa shape index (κ2) is 9.88. The lowest BCUT2D eigenvalue weighted by Gasteiger charge is -2.30. The molecule has 0 saturated heterocycles. The molecule has 0 unspecified atom stereocenters. The Kier molecular flexibility index (Phi) is 7.55. The normalized spacial score (nSPS) is 11.8. The fraction of sp³-hybridized carbons (Fsp3) is 0.364. The average Bonchev–Trinajstić information content (AvgIpc) is 2.70. The fourth-order valence-electron chi connectivity index (χ4n) is 2.84. The van der Waals surface area contributed by atoms with Gasteiger partial charge in [-0.2, -0.15) is 0 Å². The van der Waals surface area contributed by atoms with Gasteiger partial charge in [-0.1, -0.05) is 44.2 Å². The SMILES string of the molecule is COc1ccccc1CNC(=O)[C@@H](C)N(Cc1ccc(F)cc1)C(=O)C(C)C. The number of ether oxygens (including phenoxy) is 1. The third-order valence-corrected chi connectivity index (χ3v) is 4.54. The van der Waals surface area contributed by atoms with Crippen molar-refractivity contribution in [1.82, 2.24) is 10.2 Å². The molecule has 28 heavy (non-hydrogen) atoms. The third kappa shape index (κ3) is 5.55. The van der Waals surface area contributed by atoms with Crippen molar-refractivity contribution in [3.8, 4) is 5.75 Å². The van der Waals surface area contributed by atoms with E-state index >= 15 is 0 Å². The van der Waals surface area contributed by atoms with Crippen LogP contribution in [0.25, 0.3) is 0 Å². The lowest BCUT2D eigenvalue weighted by Crippen LogP contribution is -2.48. The minimum absolute atomic E-state index is 0.135. The van der Waals surface area contributed by atoms with Crippen molar-refractivity contribution < 1.29 is 18.7 Å². The summed E-state index contributed by atoms with van der Waals surface area (Å²) in [6.45, 7) is 5.81. The molecule has 0 radical (unpaired) electrons. The van der Waals surface area contributed by atoms with Crippen LogP contribution in [0.15, 0.2) is 48.5 Å². The highest BCUT2D eigenvalue weighted by molar-refractivity contribution is 5.88. The molecule has 1 atom stereocenters. The summed E-state index contributed by atoms with van der Waals surface area (Å²) in [6, 6.07) is 12.7. The van der Waals surface area contributed by atoms with Gasteiger partial charge in [0.05, 0.1) is 7.11 Å². The highest BCUT2D eigenvalue weighted by atomic mass is 19.1. The van der Waals surface area contributed by atoms with Gasteiger partial charge in [-0.25, -0.2) is 4.39 Å². The lowest BCUT2D eigenvalue weighted by atomic mass is 10.1. The maximum atomic E-state index is 13.2. The summed E-state index contributed by atoms with van der Waals surface area (Å²) in [4.78, 5) is 26.9. The molecule has 0 fully saturated rings. The Morgan fingerprint density at radius 1 is 1.07 bits per heavy atom. The van der Waals surface area contributed by atoms with Crippen LogP contribution in [0.5, 0.6) is 5.75 Å². The molecule has 0 bridgehead atoms. The molecule has 2 rings (SSSR count). The first-order valence-electron chi connectivity index (χ1n) is 9.28. The van der Waals surface area contributed by atoms with Crippen molar-refractivity contribution in [2.75, 3.05) is 7.11 Å². The van der Waals surface area contributed by atoms with Crippen molar-refractivity contribution in [3.05, 3.63) is 65.5 Å². The number of rotatable bonds is 8. The molecule has 0 heterocycles. The van der Waals surface area contributed by atoms with Gasteiger partial charge in [0, 0.05) is 24.6 Å². The van der Waals surface area contributed by atoms with Crippen molar-refractivity contribution in [3.63, 3.8) is 0 Å². The zero-order chi connectivity index (χ0) is 20.7. The standard InChI is InChI=1S/C22H27FN2O3/c1-15(2)22(27)25(14-17-9-11-19(23)12-10-17)16(3)21(26)24-13-18-7-5-6-8-20(18)28-4/h5-12,15-16H,13-14H2,1-4H3,(H,24,26)/t16-/m1/s1. The van der Waals surface area contributed by atoms with E-state index in [2.05, 4.69) is 5.32 Å². The van der Waals surface area contributed by atoms with Crippen LogP contribution in [-0.4, -0.2) is 29.9 Å². The Labute approximate surface area is 165 Å². The number of nitrogens with one attached hydrogen (secondary N) is 1. The van der Waals surface area contributed by atoms with E-state index in [-0.39, 0.29) is 30.1 Å². The summed E-state index contributed by atoms with van der Waals surface area (Å²) in [5.41, 5.74) is 1.62. The minimum atomic E-state index is -0.672. The van der Waals surface area contributed by atoms with Crippen LogP contribution in [-0.2, 0) is 22.7 Å². The van der Waals surface area contributed by atoms with Crippen LogP contribution < -0.4 is 10.1 Å². The van der Waals surface area contributed by atoms with Crippen molar-refractivity contribution in [2.24, 2.45) is 5.92 Å². The number of methoxy groups -OCH3 is 1. The van der Waals surface area contributed by atoms with Gasteiger partial charge in [0.2, 0.25) is 11.8 Å². The third-order valence-electron chi connectivity index (χ3n) is 4.54. The second-order valence-corrected chi connectivity index (χ2v) is 6.95. The average molecular weight is 386 g/mol. The van der Waals surface area contributed by atoms with Gasteiger partial charge in [0.1, 0.15) is 17.6 Å². The maximum absolute atomic E-state index is 13.2. The molecule has 2 aromatic rings. The highest BCUT2D eigenvalue weighted by Gasteiger charge is 2.27. The molecule has 0 saturated carbocycles. The first-order chi connectivity index (χ1) is 13.3. The predicted molar refractivity (Wildman–Crippen MR) is 106 cm³/mol. The van der Waals surface area contributed by atoms with Crippen LogP contribution in [0, 0.1) is 11.7 Å². The summed E-state index contributed by atoms with van der Waals surface area (Å²) >= 11 is 0. The van der Waals surface area contributed by atoms with E-state index < -0.39 is 6.04 Å². The van der Waals surface area contributed by atoms with E-state index in [1.54, 1.807) is 40.0 Å². The monoisotopic (exact) mass is 386 g/mol. The van der Waals surface area contributed by atoms with Crippen LogP contribution in [0.1, 0.15) is 31.9 Å². The number of carbonyl (C=O) groups is 2. The quantitative estimate of drug-likeness (QED) is 0.755. The molecule has 6 heteroatoms. The lowest BCUT2D eigenvalue weighted by molar-refractivity contribution is -0.143. The van der Waals surface area contributed by atoms with E-state index in [9.17, 15) is 14.0 Å². The molecule has 0 aliphatic carbocycles. The maximum Gasteiger partial charge on any atom is 0.242 e. The Morgan fingerprint density at radius 2 is 1.71 bits per heavy atom. The summed E-state index contributed by atoms with van der Waals surface area (Å²) in [7, 11) is 1.58. The molecule has 2 aromatic carbocycles. The van der Waals surface area contributed by atoms with E-state index in [4.69, 9.17) is 4.74 Å². The number of benzene rings is 2. The Bertz CT molecular complexity index is 806. The van der Waals surface area contributed by atoms with Gasteiger partial charge < -0.3 is 15.0 Å². The van der Waals surface area contributed by atoms with Crippen LogP contribution in [0.2, 0.25) is 0 Å². The molecule has 150 valence electrons. The van der Waals surface area contributed by atoms with Crippen molar-refractivity contribution >= 4 is 11.8 Å². The minimum Gasteiger partial charge on any atom is -0.496 e. The number of carbonyl (C=O) groups excluding carboxylic acids is 2. The van der Waals surface area contributed by atoms with Gasteiger partial charge in [-0.3, -0.25) is 9.59 Å². The zero-order valence-electron chi connectivity index (χ0n) is 16.7. The topological polar surface area (TPSA) is 58.6 Å². The highest BCUT2D eigenvalue weighted by Crippen LogP contribution is 2.18. The number of hydrogen-bond donors (Lipinski definition) is 1. The number of halogens is 1. The Balaban J connectivity index is 2.11.